The molecule has 1 rings (SSSR count). The molecule has 0 saturated carbocycles. The SMILES string of the molecule is Cc1nc(/C=N/N)cs1. The fourth-order valence-electron chi connectivity index (χ4n) is 0.516. The zero-order valence-corrected chi connectivity index (χ0v) is 5.85. The van der Waals surface area contributed by atoms with Crippen LogP contribution in [0.15, 0.2) is 10.5 Å². The number of hydrogen-bond acceptors (Lipinski definition) is 4. The van der Waals surface area contributed by atoms with E-state index in [0.29, 0.717) is 0 Å². The van der Waals surface area contributed by atoms with Crippen molar-refractivity contribution < 1.29 is 0 Å². The molecular weight excluding hydrogens is 134 g/mol. The molecule has 1 aromatic heterocycles. The van der Waals surface area contributed by atoms with E-state index in [0.717, 1.165) is 10.7 Å². The summed E-state index contributed by atoms with van der Waals surface area (Å²) in [5.74, 6) is 4.90. The van der Waals surface area contributed by atoms with Gasteiger partial charge >= 0.3 is 0 Å². The number of nitrogens with zero attached hydrogens (tertiary/aromatic N) is 2. The van der Waals surface area contributed by atoms with Gasteiger partial charge in [0.15, 0.2) is 0 Å². The van der Waals surface area contributed by atoms with Crippen molar-refractivity contribution in [1.82, 2.24) is 4.98 Å². The van der Waals surface area contributed by atoms with E-state index < -0.39 is 0 Å². The summed E-state index contributed by atoms with van der Waals surface area (Å²) in [6, 6.07) is 0. The van der Waals surface area contributed by atoms with Crippen LogP contribution in [-0.2, 0) is 0 Å². The monoisotopic (exact) mass is 141 g/mol. The van der Waals surface area contributed by atoms with E-state index in [1.54, 1.807) is 11.3 Å². The van der Waals surface area contributed by atoms with Gasteiger partial charge in [0.05, 0.1) is 16.9 Å². The van der Waals surface area contributed by atoms with Crippen LogP contribution in [-0.4, -0.2) is 11.2 Å². The number of nitrogens with two attached hydrogens (primary N) is 1. The van der Waals surface area contributed by atoms with Crippen LogP contribution in [0.1, 0.15) is 10.7 Å². The highest BCUT2D eigenvalue weighted by Crippen LogP contribution is 2.04. The maximum atomic E-state index is 4.90. The zero-order valence-electron chi connectivity index (χ0n) is 5.03. The molecule has 4 heteroatoms. The van der Waals surface area contributed by atoms with Crippen LogP contribution in [0, 0.1) is 6.92 Å². The average Bonchev–Trinajstić information content (AvgIpc) is 2.17. The molecule has 0 fully saturated rings. The van der Waals surface area contributed by atoms with Gasteiger partial charge in [-0.15, -0.1) is 11.3 Å². The molecule has 0 atom stereocenters. The van der Waals surface area contributed by atoms with Gasteiger partial charge in [-0.25, -0.2) is 4.98 Å². The first-order chi connectivity index (χ1) is 4.33. The van der Waals surface area contributed by atoms with E-state index in [9.17, 15) is 0 Å². The van der Waals surface area contributed by atoms with E-state index in [1.165, 1.54) is 6.21 Å². The molecule has 1 heterocycles. The number of thiazole rings is 1. The number of hydrogen-bond donors (Lipinski definition) is 1. The van der Waals surface area contributed by atoms with Crippen molar-refractivity contribution in [2.75, 3.05) is 0 Å². The molecule has 0 aromatic carbocycles. The quantitative estimate of drug-likeness (QED) is 0.356. The predicted molar refractivity (Wildman–Crippen MR) is 38.6 cm³/mol. The van der Waals surface area contributed by atoms with Crippen molar-refractivity contribution >= 4 is 17.6 Å². The topological polar surface area (TPSA) is 51.3 Å². The van der Waals surface area contributed by atoms with Crippen LogP contribution >= 0.6 is 11.3 Å². The van der Waals surface area contributed by atoms with E-state index in [2.05, 4.69) is 10.1 Å². The Morgan fingerprint density at radius 1 is 1.89 bits per heavy atom. The molecule has 0 spiro atoms. The first-order valence-corrected chi connectivity index (χ1v) is 3.36. The van der Waals surface area contributed by atoms with Gasteiger partial charge in [-0.05, 0) is 6.92 Å². The minimum Gasteiger partial charge on any atom is -0.323 e. The first-order valence-electron chi connectivity index (χ1n) is 2.48. The van der Waals surface area contributed by atoms with Crippen molar-refractivity contribution in [2.24, 2.45) is 10.9 Å². The van der Waals surface area contributed by atoms with Crippen molar-refractivity contribution in [3.63, 3.8) is 0 Å². The zero-order chi connectivity index (χ0) is 6.69. The lowest BCUT2D eigenvalue weighted by Gasteiger charge is -1.76. The third-order valence-corrected chi connectivity index (χ3v) is 1.64. The Morgan fingerprint density at radius 2 is 2.67 bits per heavy atom. The molecule has 0 amide bonds. The highest BCUT2D eigenvalue weighted by molar-refractivity contribution is 7.09. The summed E-state index contributed by atoms with van der Waals surface area (Å²) < 4.78 is 0. The molecule has 0 bridgehead atoms. The fourth-order valence-corrected chi connectivity index (χ4v) is 1.08. The second kappa shape index (κ2) is 2.59. The molecule has 2 N–H and O–H groups in total. The van der Waals surface area contributed by atoms with Gasteiger partial charge in [-0.1, -0.05) is 0 Å². The normalized spacial score (nSPS) is 10.8. The van der Waals surface area contributed by atoms with Gasteiger partial charge in [0, 0.05) is 5.38 Å². The molecule has 0 aliphatic rings. The van der Waals surface area contributed by atoms with Crippen LogP contribution in [0.4, 0.5) is 0 Å². The van der Waals surface area contributed by atoms with Crippen LogP contribution in [0.3, 0.4) is 0 Å². The Balaban J connectivity index is 2.85. The summed E-state index contributed by atoms with van der Waals surface area (Å²) in [7, 11) is 0. The second-order valence-electron chi connectivity index (χ2n) is 1.57. The van der Waals surface area contributed by atoms with Crippen LogP contribution < -0.4 is 5.84 Å². The van der Waals surface area contributed by atoms with E-state index >= 15 is 0 Å². The van der Waals surface area contributed by atoms with Crippen LogP contribution in [0.25, 0.3) is 0 Å². The molecule has 48 valence electrons. The molecule has 1 aromatic rings. The lowest BCUT2D eigenvalue weighted by atomic mass is 10.5. The highest BCUT2D eigenvalue weighted by atomic mass is 32.1. The van der Waals surface area contributed by atoms with E-state index in [4.69, 9.17) is 5.84 Å². The Morgan fingerprint density at radius 3 is 3.11 bits per heavy atom. The molecule has 9 heavy (non-hydrogen) atoms. The standard InChI is InChI=1S/C5H7N3S/c1-4-8-5(2-7-6)3-9-4/h2-3H,6H2,1H3/b7-2+. The van der Waals surface area contributed by atoms with Crippen molar-refractivity contribution in [1.29, 1.82) is 0 Å². The van der Waals surface area contributed by atoms with E-state index in [-0.39, 0.29) is 0 Å². The van der Waals surface area contributed by atoms with Gasteiger partial charge in [0.1, 0.15) is 0 Å². The summed E-state index contributed by atoms with van der Waals surface area (Å²) in [5.41, 5.74) is 0.833. The van der Waals surface area contributed by atoms with Crippen molar-refractivity contribution in [3.05, 3.63) is 16.1 Å². The third kappa shape index (κ3) is 1.50. The smallest absolute Gasteiger partial charge is 0.0942 e. The Bertz CT molecular complexity index is 216. The molecule has 0 saturated heterocycles. The minimum absolute atomic E-state index is 0.833. The number of aryl methyl sites for hydroxylation is 1. The maximum absolute atomic E-state index is 4.90. The number of hydrazone groups is 1. The summed E-state index contributed by atoms with van der Waals surface area (Å²) in [4.78, 5) is 4.09. The summed E-state index contributed by atoms with van der Waals surface area (Å²) in [6.07, 6.45) is 1.53. The Hall–Kier alpha value is -0.900. The highest BCUT2D eigenvalue weighted by Gasteiger charge is 1.90. The molecule has 0 aliphatic carbocycles. The molecule has 0 unspecified atom stereocenters. The number of aromatic nitrogens is 1. The van der Waals surface area contributed by atoms with Crippen LogP contribution in [0.2, 0.25) is 0 Å². The largest absolute Gasteiger partial charge is 0.323 e. The first kappa shape index (κ1) is 6.22. The van der Waals surface area contributed by atoms with Gasteiger partial charge < -0.3 is 5.84 Å². The molecular formula is C5H7N3S. The minimum atomic E-state index is 0.833. The van der Waals surface area contributed by atoms with Crippen molar-refractivity contribution in [2.45, 2.75) is 6.92 Å². The predicted octanol–water partition coefficient (Wildman–Crippen LogP) is 0.744. The summed E-state index contributed by atoms with van der Waals surface area (Å²) in [6.45, 7) is 1.94. The summed E-state index contributed by atoms with van der Waals surface area (Å²) in [5, 5.41) is 6.28. The molecule has 3 nitrogen and oxygen atoms in total. The van der Waals surface area contributed by atoms with Gasteiger partial charge in [0.25, 0.3) is 0 Å². The van der Waals surface area contributed by atoms with E-state index in [1.807, 2.05) is 12.3 Å². The van der Waals surface area contributed by atoms with Crippen molar-refractivity contribution in [3.8, 4) is 0 Å². The molecule has 0 radical (unpaired) electrons. The maximum Gasteiger partial charge on any atom is 0.0942 e. The van der Waals surface area contributed by atoms with Crippen LogP contribution in [0.5, 0.6) is 0 Å². The Kier molecular flexibility index (Phi) is 1.79. The lowest BCUT2D eigenvalue weighted by Crippen LogP contribution is -1.85. The lowest BCUT2D eigenvalue weighted by molar-refractivity contribution is 1.23. The van der Waals surface area contributed by atoms with Gasteiger partial charge in [0.2, 0.25) is 0 Å². The Labute approximate surface area is 57.2 Å². The van der Waals surface area contributed by atoms with Gasteiger partial charge in [-0.3, -0.25) is 0 Å². The fraction of sp³-hybridized carbons (Fsp3) is 0.200. The van der Waals surface area contributed by atoms with Gasteiger partial charge in [-0.2, -0.15) is 5.10 Å². The second-order valence-corrected chi connectivity index (χ2v) is 2.63. The summed E-state index contributed by atoms with van der Waals surface area (Å²) >= 11 is 1.59. The molecule has 0 aliphatic heterocycles. The third-order valence-electron chi connectivity index (χ3n) is 0.844. The number of rotatable bonds is 1. The average molecular weight is 141 g/mol.